The van der Waals surface area contributed by atoms with Gasteiger partial charge in [0.05, 0.1) is 0 Å². The van der Waals surface area contributed by atoms with E-state index in [0.717, 1.165) is 47.5 Å². The smallest absolute Gasteiger partial charge is 0.0161 e. The van der Waals surface area contributed by atoms with E-state index in [1.54, 1.807) is 0 Å². The van der Waals surface area contributed by atoms with Gasteiger partial charge in [-0.1, -0.05) is 13.3 Å². The van der Waals surface area contributed by atoms with Crippen LogP contribution in [0.15, 0.2) is 0 Å². The molecule has 2 bridgehead atoms. The Kier molecular flexibility index (Phi) is 3.71. The highest BCUT2D eigenvalue weighted by atomic mass is 15.1. The highest BCUT2D eigenvalue weighted by molar-refractivity contribution is 5.13. The molecule has 4 aliphatic carbocycles. The molecule has 4 rings (SSSR count). The van der Waals surface area contributed by atoms with Gasteiger partial charge in [-0.25, -0.2) is 0 Å². The SMILES string of the molecule is C[C@@H]1CCC2C(C1)C2C(C)(C)NC1CC2CCC1C2C(C)(C)N. The third-order valence-corrected chi connectivity index (χ3v) is 8.16. The summed E-state index contributed by atoms with van der Waals surface area (Å²) >= 11 is 0. The standard InChI is InChI=1S/C21H38N2/c1-12-6-8-14-16(10-12)19(14)21(4,5)23-17-11-13-7-9-15(17)18(13)20(2,3)22/h12-19,23H,6-11,22H2,1-5H3/t12-,13?,14?,15?,16?,17?,18?,19?/m1/s1. The zero-order valence-electron chi connectivity index (χ0n) is 15.9. The highest BCUT2D eigenvalue weighted by Gasteiger charge is 2.60. The van der Waals surface area contributed by atoms with Crippen molar-refractivity contribution in [2.24, 2.45) is 47.2 Å². The summed E-state index contributed by atoms with van der Waals surface area (Å²) in [6, 6.07) is 0.719. The number of rotatable bonds is 4. The van der Waals surface area contributed by atoms with Gasteiger partial charge in [0.15, 0.2) is 0 Å². The highest BCUT2D eigenvalue weighted by Crippen LogP contribution is 2.62. The predicted molar refractivity (Wildman–Crippen MR) is 97.1 cm³/mol. The monoisotopic (exact) mass is 318 g/mol. The Morgan fingerprint density at radius 3 is 2.13 bits per heavy atom. The third kappa shape index (κ3) is 2.68. The molecule has 0 aromatic carbocycles. The van der Waals surface area contributed by atoms with E-state index < -0.39 is 0 Å². The van der Waals surface area contributed by atoms with Gasteiger partial charge in [0.2, 0.25) is 0 Å². The van der Waals surface area contributed by atoms with Crippen molar-refractivity contribution in [1.29, 1.82) is 0 Å². The van der Waals surface area contributed by atoms with E-state index in [0.29, 0.717) is 5.54 Å². The summed E-state index contributed by atoms with van der Waals surface area (Å²) in [7, 11) is 0. The van der Waals surface area contributed by atoms with Crippen LogP contribution in [0, 0.1) is 41.4 Å². The zero-order valence-corrected chi connectivity index (χ0v) is 15.9. The van der Waals surface area contributed by atoms with Gasteiger partial charge in [-0.3, -0.25) is 0 Å². The number of hydrogen-bond donors (Lipinski definition) is 2. The summed E-state index contributed by atoms with van der Waals surface area (Å²) in [4.78, 5) is 0. The summed E-state index contributed by atoms with van der Waals surface area (Å²) in [5, 5.41) is 4.17. The fraction of sp³-hybridized carbons (Fsp3) is 1.00. The van der Waals surface area contributed by atoms with Crippen LogP contribution in [0.25, 0.3) is 0 Å². The van der Waals surface area contributed by atoms with Crippen molar-refractivity contribution in [3.8, 4) is 0 Å². The number of nitrogens with two attached hydrogens (primary N) is 1. The largest absolute Gasteiger partial charge is 0.325 e. The van der Waals surface area contributed by atoms with Crippen LogP contribution in [0.5, 0.6) is 0 Å². The summed E-state index contributed by atoms with van der Waals surface area (Å²) in [6.07, 6.45) is 8.62. The summed E-state index contributed by atoms with van der Waals surface area (Å²) in [6.45, 7) is 12.0. The van der Waals surface area contributed by atoms with Gasteiger partial charge in [-0.2, -0.15) is 0 Å². The number of hydrogen-bond acceptors (Lipinski definition) is 2. The van der Waals surface area contributed by atoms with Crippen LogP contribution < -0.4 is 11.1 Å². The maximum Gasteiger partial charge on any atom is 0.0161 e. The van der Waals surface area contributed by atoms with Crippen LogP contribution in [0.4, 0.5) is 0 Å². The van der Waals surface area contributed by atoms with E-state index in [1.807, 2.05) is 0 Å². The van der Waals surface area contributed by atoms with Crippen molar-refractivity contribution >= 4 is 0 Å². The molecule has 4 fully saturated rings. The first-order chi connectivity index (χ1) is 10.7. The summed E-state index contributed by atoms with van der Waals surface area (Å²) < 4.78 is 0. The van der Waals surface area contributed by atoms with Gasteiger partial charge >= 0.3 is 0 Å². The first-order valence-corrected chi connectivity index (χ1v) is 10.2. The minimum atomic E-state index is -0.00456. The first-order valence-electron chi connectivity index (χ1n) is 10.2. The molecule has 7 unspecified atom stereocenters. The van der Waals surface area contributed by atoms with E-state index in [9.17, 15) is 0 Å². The Bertz CT molecular complexity index is 463. The summed E-state index contributed by atoms with van der Waals surface area (Å²) in [5.41, 5.74) is 6.86. The van der Waals surface area contributed by atoms with E-state index in [2.05, 4.69) is 39.9 Å². The second kappa shape index (κ2) is 5.21. The topological polar surface area (TPSA) is 38.0 Å². The average molecular weight is 319 g/mol. The molecule has 132 valence electrons. The molecular weight excluding hydrogens is 280 g/mol. The minimum absolute atomic E-state index is 0.00456. The minimum Gasteiger partial charge on any atom is -0.325 e. The molecule has 0 aromatic heterocycles. The molecule has 0 heterocycles. The number of nitrogens with one attached hydrogen (secondary N) is 1. The fourth-order valence-electron chi connectivity index (χ4n) is 7.52. The molecular formula is C21H38N2. The molecule has 0 radical (unpaired) electrons. The van der Waals surface area contributed by atoms with E-state index in [-0.39, 0.29) is 5.54 Å². The van der Waals surface area contributed by atoms with E-state index in [1.165, 1.54) is 38.5 Å². The van der Waals surface area contributed by atoms with Gasteiger partial charge in [-0.15, -0.1) is 0 Å². The first kappa shape index (κ1) is 16.4. The lowest BCUT2D eigenvalue weighted by atomic mass is 9.80. The van der Waals surface area contributed by atoms with Crippen LogP contribution in [0.1, 0.15) is 73.1 Å². The Hall–Kier alpha value is -0.0800. The van der Waals surface area contributed by atoms with Crippen molar-refractivity contribution < 1.29 is 0 Å². The molecule has 2 nitrogen and oxygen atoms in total. The van der Waals surface area contributed by atoms with Gasteiger partial charge in [0, 0.05) is 17.1 Å². The molecule has 4 aliphatic rings. The normalized spacial score (nSPS) is 49.3. The lowest BCUT2D eigenvalue weighted by Gasteiger charge is -2.37. The average Bonchev–Trinajstić information content (AvgIpc) is 2.82. The van der Waals surface area contributed by atoms with Gasteiger partial charge in [0.1, 0.15) is 0 Å². The Morgan fingerprint density at radius 1 is 0.826 bits per heavy atom. The second-order valence-corrected chi connectivity index (χ2v) is 10.8. The molecule has 3 N–H and O–H groups in total. The van der Waals surface area contributed by atoms with Crippen LogP contribution in [-0.2, 0) is 0 Å². The van der Waals surface area contributed by atoms with Crippen molar-refractivity contribution in [2.45, 2.75) is 90.3 Å². The van der Waals surface area contributed by atoms with Gasteiger partial charge in [-0.05, 0) is 101 Å². The van der Waals surface area contributed by atoms with E-state index >= 15 is 0 Å². The zero-order chi connectivity index (χ0) is 16.6. The Labute approximate surface area is 143 Å². The molecule has 8 atom stereocenters. The quantitative estimate of drug-likeness (QED) is 0.815. The molecule has 0 aliphatic heterocycles. The van der Waals surface area contributed by atoms with Crippen LogP contribution in [0.3, 0.4) is 0 Å². The Morgan fingerprint density at radius 2 is 1.52 bits per heavy atom. The predicted octanol–water partition coefficient (Wildman–Crippen LogP) is 4.19. The fourth-order valence-corrected chi connectivity index (χ4v) is 7.52. The Balaban J connectivity index is 1.43. The van der Waals surface area contributed by atoms with Crippen molar-refractivity contribution in [3.63, 3.8) is 0 Å². The molecule has 0 saturated heterocycles. The van der Waals surface area contributed by atoms with Gasteiger partial charge < -0.3 is 11.1 Å². The molecule has 0 spiro atoms. The molecule has 23 heavy (non-hydrogen) atoms. The van der Waals surface area contributed by atoms with Crippen LogP contribution in [-0.4, -0.2) is 17.1 Å². The van der Waals surface area contributed by atoms with Crippen LogP contribution in [0.2, 0.25) is 0 Å². The summed E-state index contributed by atoms with van der Waals surface area (Å²) in [5.74, 6) is 6.35. The van der Waals surface area contributed by atoms with Crippen molar-refractivity contribution in [3.05, 3.63) is 0 Å². The maximum absolute atomic E-state index is 6.54. The van der Waals surface area contributed by atoms with Gasteiger partial charge in [0.25, 0.3) is 0 Å². The van der Waals surface area contributed by atoms with Crippen molar-refractivity contribution in [1.82, 2.24) is 5.32 Å². The second-order valence-electron chi connectivity index (χ2n) is 10.8. The molecule has 0 amide bonds. The lowest BCUT2D eigenvalue weighted by molar-refractivity contribution is 0.204. The van der Waals surface area contributed by atoms with E-state index in [4.69, 9.17) is 5.73 Å². The van der Waals surface area contributed by atoms with Crippen LogP contribution >= 0.6 is 0 Å². The molecule has 4 saturated carbocycles. The lowest BCUT2D eigenvalue weighted by Crippen LogP contribution is -2.52. The number of fused-ring (bicyclic) bond motifs is 3. The third-order valence-electron chi connectivity index (χ3n) is 8.16. The molecule has 2 heteroatoms. The maximum atomic E-state index is 6.54. The molecule has 0 aromatic rings. The van der Waals surface area contributed by atoms with Crippen molar-refractivity contribution in [2.75, 3.05) is 0 Å².